The summed E-state index contributed by atoms with van der Waals surface area (Å²) in [4.78, 5) is 19.6. The molecule has 0 saturated carbocycles. The lowest BCUT2D eigenvalue weighted by molar-refractivity contribution is -0.125. The average Bonchev–Trinajstić information content (AvgIpc) is 3.34. The molecule has 0 aliphatic carbocycles. The molecule has 0 fully saturated rings. The number of aromatic nitrogens is 4. The zero-order chi connectivity index (χ0) is 20.4. The molecule has 2 heterocycles. The topological polar surface area (TPSA) is 75.6 Å². The smallest absolute Gasteiger partial charge is 0.224 e. The van der Waals surface area contributed by atoms with E-state index >= 15 is 0 Å². The molecule has 0 unspecified atom stereocenters. The molecule has 7 heteroatoms. The Morgan fingerprint density at radius 2 is 2.10 bits per heavy atom. The van der Waals surface area contributed by atoms with E-state index in [1.54, 1.807) is 23.1 Å². The van der Waals surface area contributed by atoms with Gasteiger partial charge in [0.15, 0.2) is 0 Å². The van der Waals surface area contributed by atoms with Crippen molar-refractivity contribution in [3.8, 4) is 11.3 Å². The van der Waals surface area contributed by atoms with E-state index in [-0.39, 0.29) is 17.6 Å². The molecular formula is C22H22FN5O. The van der Waals surface area contributed by atoms with Crippen molar-refractivity contribution in [3.63, 3.8) is 0 Å². The fourth-order valence-electron chi connectivity index (χ4n) is 3.47. The first kappa shape index (κ1) is 18.9. The predicted octanol–water partition coefficient (Wildman–Crippen LogP) is 3.83. The van der Waals surface area contributed by atoms with E-state index in [2.05, 4.69) is 20.4 Å². The zero-order valence-corrected chi connectivity index (χ0v) is 16.3. The summed E-state index contributed by atoms with van der Waals surface area (Å²) in [6.45, 7) is 4.74. The van der Waals surface area contributed by atoms with E-state index in [9.17, 15) is 9.18 Å². The first-order chi connectivity index (χ1) is 14.0. The third-order valence-electron chi connectivity index (χ3n) is 5.11. The molecule has 6 nitrogen and oxygen atoms in total. The second-order valence-corrected chi connectivity index (χ2v) is 7.22. The van der Waals surface area contributed by atoms with Crippen molar-refractivity contribution in [2.45, 2.75) is 26.9 Å². The lowest BCUT2D eigenvalue weighted by Gasteiger charge is -2.12. The van der Waals surface area contributed by atoms with Crippen LogP contribution in [0.5, 0.6) is 0 Å². The number of nitrogens with zero attached hydrogens (tertiary/aromatic N) is 3. The lowest BCUT2D eigenvalue weighted by Crippen LogP contribution is -2.31. The van der Waals surface area contributed by atoms with Gasteiger partial charge in [-0.3, -0.25) is 9.48 Å². The summed E-state index contributed by atoms with van der Waals surface area (Å²) in [5.41, 5.74) is 4.24. The number of H-pyrrole nitrogens is 1. The van der Waals surface area contributed by atoms with Crippen LogP contribution in [0, 0.1) is 18.7 Å². The first-order valence-electron chi connectivity index (χ1n) is 9.49. The fraction of sp³-hybridized carbons (Fsp3) is 0.227. The summed E-state index contributed by atoms with van der Waals surface area (Å²) in [6.07, 6.45) is 3.05. The number of halogens is 1. The molecule has 0 aliphatic heterocycles. The van der Waals surface area contributed by atoms with Crippen LogP contribution in [0.15, 0.2) is 55.1 Å². The van der Waals surface area contributed by atoms with Crippen molar-refractivity contribution in [1.29, 1.82) is 0 Å². The molecule has 4 aromatic rings. The van der Waals surface area contributed by atoms with Crippen molar-refractivity contribution in [1.82, 2.24) is 25.1 Å². The van der Waals surface area contributed by atoms with Crippen LogP contribution in [0.1, 0.15) is 18.1 Å². The molecule has 4 rings (SSSR count). The number of hydrogen-bond donors (Lipinski definition) is 2. The van der Waals surface area contributed by atoms with Gasteiger partial charge in [0, 0.05) is 23.0 Å². The normalized spacial score (nSPS) is 12.2. The molecule has 0 bridgehead atoms. The third kappa shape index (κ3) is 3.89. The van der Waals surface area contributed by atoms with Crippen molar-refractivity contribution < 1.29 is 9.18 Å². The van der Waals surface area contributed by atoms with Gasteiger partial charge < -0.3 is 10.3 Å². The van der Waals surface area contributed by atoms with Crippen LogP contribution in [0.25, 0.3) is 22.2 Å². The Morgan fingerprint density at radius 1 is 1.28 bits per heavy atom. The minimum atomic E-state index is -0.254. The van der Waals surface area contributed by atoms with E-state index in [0.29, 0.717) is 18.7 Å². The number of aryl methyl sites for hydroxylation is 1. The number of nitrogens with one attached hydrogen (secondary N) is 2. The van der Waals surface area contributed by atoms with Crippen LogP contribution in [-0.2, 0) is 17.9 Å². The Balaban J connectivity index is 1.50. The Kier molecular flexibility index (Phi) is 5.12. The monoisotopic (exact) mass is 391 g/mol. The van der Waals surface area contributed by atoms with Gasteiger partial charge >= 0.3 is 0 Å². The van der Waals surface area contributed by atoms with Gasteiger partial charge in [0.2, 0.25) is 5.91 Å². The van der Waals surface area contributed by atoms with Crippen LogP contribution in [0.3, 0.4) is 0 Å². The van der Waals surface area contributed by atoms with Gasteiger partial charge in [0.25, 0.3) is 0 Å². The van der Waals surface area contributed by atoms with Crippen molar-refractivity contribution in [3.05, 3.63) is 72.1 Å². The summed E-state index contributed by atoms with van der Waals surface area (Å²) in [5, 5.41) is 8.02. The van der Waals surface area contributed by atoms with Gasteiger partial charge in [-0.2, -0.15) is 5.10 Å². The van der Waals surface area contributed by atoms with Crippen LogP contribution in [0.4, 0.5) is 4.39 Å². The number of carbonyl (C=O) groups is 1. The van der Waals surface area contributed by atoms with Crippen molar-refractivity contribution in [2.24, 2.45) is 5.92 Å². The predicted molar refractivity (Wildman–Crippen MR) is 109 cm³/mol. The quantitative estimate of drug-likeness (QED) is 0.525. The SMILES string of the molecule is Cc1c(-c2ccccc2F)[nH]c2ccc(CNC(=O)[C@@H](C)Cn3cncn3)cc12. The molecule has 1 amide bonds. The van der Waals surface area contributed by atoms with Crippen LogP contribution >= 0.6 is 0 Å². The van der Waals surface area contributed by atoms with E-state index in [1.165, 1.54) is 12.4 Å². The molecule has 0 aliphatic rings. The van der Waals surface area contributed by atoms with Gasteiger partial charge in [-0.1, -0.05) is 25.1 Å². The fourth-order valence-corrected chi connectivity index (χ4v) is 3.47. The van der Waals surface area contributed by atoms with Gasteiger partial charge in [-0.05, 0) is 42.3 Å². The number of amides is 1. The molecule has 29 heavy (non-hydrogen) atoms. The summed E-state index contributed by atoms with van der Waals surface area (Å²) < 4.78 is 15.8. The molecule has 148 valence electrons. The van der Waals surface area contributed by atoms with Crippen LogP contribution < -0.4 is 5.32 Å². The minimum Gasteiger partial charge on any atom is -0.354 e. The summed E-state index contributed by atoms with van der Waals surface area (Å²) in [7, 11) is 0. The Labute approximate surface area is 167 Å². The summed E-state index contributed by atoms with van der Waals surface area (Å²) in [6, 6.07) is 12.7. The lowest BCUT2D eigenvalue weighted by atomic mass is 10.0. The molecule has 2 aromatic carbocycles. The highest BCUT2D eigenvalue weighted by molar-refractivity contribution is 5.91. The first-order valence-corrected chi connectivity index (χ1v) is 9.49. The number of rotatable bonds is 6. The van der Waals surface area contributed by atoms with Crippen molar-refractivity contribution >= 4 is 16.8 Å². The second kappa shape index (κ2) is 7.87. The number of fused-ring (bicyclic) bond motifs is 1. The molecule has 2 aromatic heterocycles. The second-order valence-electron chi connectivity index (χ2n) is 7.22. The van der Waals surface area contributed by atoms with Crippen molar-refractivity contribution in [2.75, 3.05) is 0 Å². The highest BCUT2D eigenvalue weighted by Crippen LogP contribution is 2.31. The Hall–Kier alpha value is -3.48. The largest absolute Gasteiger partial charge is 0.354 e. The Bertz CT molecular complexity index is 1150. The molecule has 0 radical (unpaired) electrons. The summed E-state index contributed by atoms with van der Waals surface area (Å²) >= 11 is 0. The maximum atomic E-state index is 14.2. The molecular weight excluding hydrogens is 369 g/mol. The zero-order valence-electron chi connectivity index (χ0n) is 16.3. The summed E-state index contributed by atoms with van der Waals surface area (Å²) in [5.74, 6) is -0.517. The maximum Gasteiger partial charge on any atom is 0.224 e. The van der Waals surface area contributed by atoms with E-state index in [4.69, 9.17) is 0 Å². The van der Waals surface area contributed by atoms with Crippen LogP contribution in [-0.4, -0.2) is 25.7 Å². The van der Waals surface area contributed by atoms with E-state index in [0.717, 1.165) is 27.7 Å². The number of hydrogen-bond acceptors (Lipinski definition) is 3. The van der Waals surface area contributed by atoms with Gasteiger partial charge in [-0.25, -0.2) is 9.37 Å². The Morgan fingerprint density at radius 3 is 2.86 bits per heavy atom. The number of carbonyl (C=O) groups excluding carboxylic acids is 1. The molecule has 2 N–H and O–H groups in total. The highest BCUT2D eigenvalue weighted by Gasteiger charge is 2.15. The van der Waals surface area contributed by atoms with E-state index in [1.807, 2.05) is 38.1 Å². The third-order valence-corrected chi connectivity index (χ3v) is 5.11. The van der Waals surface area contributed by atoms with Crippen LogP contribution in [0.2, 0.25) is 0 Å². The average molecular weight is 391 g/mol. The number of benzene rings is 2. The molecule has 1 atom stereocenters. The highest BCUT2D eigenvalue weighted by atomic mass is 19.1. The van der Waals surface area contributed by atoms with Gasteiger partial charge in [-0.15, -0.1) is 0 Å². The van der Waals surface area contributed by atoms with Gasteiger partial charge in [0.05, 0.1) is 18.2 Å². The molecule has 0 spiro atoms. The number of aromatic amines is 1. The standard InChI is InChI=1S/C22H22FN5O/c1-14(11-28-13-24-12-26-28)22(29)25-10-16-7-8-20-18(9-16)15(2)21(27-20)17-5-3-4-6-19(17)23/h3-9,12-14,27H,10-11H2,1-2H3,(H,25,29)/t14-/m0/s1. The van der Waals surface area contributed by atoms with E-state index < -0.39 is 0 Å². The minimum absolute atomic E-state index is 0.0431. The maximum absolute atomic E-state index is 14.2. The molecule has 0 saturated heterocycles. The van der Waals surface area contributed by atoms with Gasteiger partial charge in [0.1, 0.15) is 18.5 Å².